The van der Waals surface area contributed by atoms with Gasteiger partial charge >= 0.3 is 12.0 Å². The highest BCUT2D eigenvalue weighted by atomic mass is 16.4. The molecule has 0 aromatic heterocycles. The van der Waals surface area contributed by atoms with Crippen molar-refractivity contribution in [2.75, 3.05) is 6.54 Å². The quantitative estimate of drug-likeness (QED) is 0.400. The number of carbonyl (C=O) groups is 2. The van der Waals surface area contributed by atoms with Crippen molar-refractivity contribution in [2.24, 2.45) is 0 Å². The molecule has 1 unspecified atom stereocenters. The number of urea groups is 1. The van der Waals surface area contributed by atoms with Gasteiger partial charge in [0.15, 0.2) is 0 Å². The molecule has 1 fully saturated rings. The number of hydrogen-bond acceptors (Lipinski definition) is 3. The fourth-order valence-corrected chi connectivity index (χ4v) is 3.22. The van der Waals surface area contributed by atoms with Gasteiger partial charge in [-0.05, 0) is 32.3 Å². The average molecular weight is 399 g/mol. The van der Waals surface area contributed by atoms with Crippen LogP contribution in [0.3, 0.4) is 0 Å². The van der Waals surface area contributed by atoms with Crippen LogP contribution in [0.1, 0.15) is 45.1 Å². The van der Waals surface area contributed by atoms with Crippen LogP contribution in [0, 0.1) is 12.0 Å². The normalized spacial score (nSPS) is 18.1. The SMILES string of the molecule is CC(C)N1CC[C@H](C=CC(O)Cc2ccccc2)N(C#CCCCC(=O)O)C1=O. The summed E-state index contributed by atoms with van der Waals surface area (Å²) in [6.07, 6.45) is 5.12. The van der Waals surface area contributed by atoms with E-state index >= 15 is 0 Å². The van der Waals surface area contributed by atoms with Crippen LogP contribution in [-0.2, 0) is 11.2 Å². The van der Waals surface area contributed by atoms with Crippen LogP contribution < -0.4 is 0 Å². The Bertz CT molecular complexity index is 764. The number of aliphatic hydroxyl groups excluding tert-OH is 1. The summed E-state index contributed by atoms with van der Waals surface area (Å²) >= 11 is 0. The maximum absolute atomic E-state index is 12.8. The van der Waals surface area contributed by atoms with Gasteiger partial charge in [0.1, 0.15) is 0 Å². The largest absolute Gasteiger partial charge is 0.481 e. The lowest BCUT2D eigenvalue weighted by Gasteiger charge is -2.39. The number of aliphatic hydroxyl groups is 1. The van der Waals surface area contributed by atoms with E-state index in [-0.39, 0.29) is 24.5 Å². The van der Waals surface area contributed by atoms with Gasteiger partial charge in [-0.1, -0.05) is 48.4 Å². The minimum atomic E-state index is -0.847. The van der Waals surface area contributed by atoms with Crippen molar-refractivity contribution < 1.29 is 19.8 Å². The first-order chi connectivity index (χ1) is 13.9. The molecule has 0 saturated carbocycles. The predicted molar refractivity (Wildman–Crippen MR) is 112 cm³/mol. The lowest BCUT2D eigenvalue weighted by molar-refractivity contribution is -0.137. The summed E-state index contributed by atoms with van der Waals surface area (Å²) in [7, 11) is 0. The van der Waals surface area contributed by atoms with E-state index < -0.39 is 12.1 Å². The highest BCUT2D eigenvalue weighted by Gasteiger charge is 2.32. The summed E-state index contributed by atoms with van der Waals surface area (Å²) in [6, 6.07) is 12.4. The number of amides is 2. The Morgan fingerprint density at radius 2 is 2.03 bits per heavy atom. The van der Waals surface area contributed by atoms with Crippen molar-refractivity contribution in [3.05, 3.63) is 48.0 Å². The van der Waals surface area contributed by atoms with E-state index in [1.54, 1.807) is 11.0 Å². The van der Waals surface area contributed by atoms with Gasteiger partial charge in [0.2, 0.25) is 0 Å². The van der Waals surface area contributed by atoms with Gasteiger partial charge in [0, 0.05) is 37.9 Å². The van der Waals surface area contributed by atoms with Crippen molar-refractivity contribution in [1.29, 1.82) is 0 Å². The van der Waals surface area contributed by atoms with Gasteiger partial charge in [0.25, 0.3) is 0 Å². The number of unbranched alkanes of at least 4 members (excludes halogenated alkanes) is 1. The molecule has 0 aliphatic carbocycles. The van der Waals surface area contributed by atoms with Crippen molar-refractivity contribution in [3.8, 4) is 12.0 Å². The summed E-state index contributed by atoms with van der Waals surface area (Å²) in [5.74, 6) is 2.08. The van der Waals surface area contributed by atoms with Gasteiger partial charge in [0.05, 0.1) is 12.1 Å². The monoisotopic (exact) mass is 398 g/mol. The molecule has 2 atom stereocenters. The Balaban J connectivity index is 2.05. The van der Waals surface area contributed by atoms with E-state index in [0.29, 0.717) is 25.8 Å². The molecule has 0 radical (unpaired) electrons. The molecule has 156 valence electrons. The molecule has 6 nitrogen and oxygen atoms in total. The van der Waals surface area contributed by atoms with Crippen LogP contribution in [0.5, 0.6) is 0 Å². The van der Waals surface area contributed by atoms with Gasteiger partial charge < -0.3 is 15.1 Å². The number of carboxylic acid groups (broad SMARTS) is 1. The van der Waals surface area contributed by atoms with Crippen molar-refractivity contribution in [3.63, 3.8) is 0 Å². The molecule has 2 rings (SSSR count). The fourth-order valence-electron chi connectivity index (χ4n) is 3.22. The van der Waals surface area contributed by atoms with Crippen molar-refractivity contribution in [2.45, 2.75) is 64.1 Å². The smallest absolute Gasteiger partial charge is 0.332 e. The zero-order valence-electron chi connectivity index (χ0n) is 17.1. The molecule has 1 heterocycles. The number of carboxylic acids is 1. The second-order valence-electron chi connectivity index (χ2n) is 7.47. The predicted octanol–water partition coefficient (Wildman–Crippen LogP) is 3.27. The maximum Gasteiger partial charge on any atom is 0.332 e. The lowest BCUT2D eigenvalue weighted by Crippen LogP contribution is -2.53. The van der Waals surface area contributed by atoms with Gasteiger partial charge in [-0.3, -0.25) is 4.79 Å². The average Bonchev–Trinajstić information content (AvgIpc) is 2.67. The van der Waals surface area contributed by atoms with Crippen LogP contribution in [-0.4, -0.2) is 56.7 Å². The molecule has 1 saturated heterocycles. The first kappa shape index (κ1) is 22.5. The molecular formula is C23H30N2O4. The van der Waals surface area contributed by atoms with Crippen molar-refractivity contribution >= 4 is 12.0 Å². The second-order valence-corrected chi connectivity index (χ2v) is 7.47. The maximum atomic E-state index is 12.8. The van der Waals surface area contributed by atoms with Gasteiger partial charge in [-0.2, -0.15) is 0 Å². The highest BCUT2D eigenvalue weighted by molar-refractivity contribution is 5.78. The lowest BCUT2D eigenvalue weighted by atomic mass is 10.0. The Kier molecular flexibility index (Phi) is 8.75. The zero-order chi connectivity index (χ0) is 21.2. The van der Waals surface area contributed by atoms with Crippen LogP contribution in [0.15, 0.2) is 42.5 Å². The molecule has 1 aliphatic rings. The standard InChI is InChI=1S/C23H30N2O4/c1-18(2)24-16-14-20(12-13-21(26)17-19-9-5-3-6-10-19)25(23(24)29)15-8-4-7-11-22(27)28/h3,5-6,9-10,12-13,18,20-21,26H,4,7,11,14,16-17H2,1-2H3,(H,27,28)/t20-,21?/m0/s1. The summed E-state index contributed by atoms with van der Waals surface area (Å²) in [5.41, 5.74) is 1.05. The second kappa shape index (κ2) is 11.3. The molecule has 0 spiro atoms. The first-order valence-corrected chi connectivity index (χ1v) is 10.1. The Hall–Kier alpha value is -2.78. The fraction of sp³-hybridized carbons (Fsp3) is 0.478. The molecule has 2 N–H and O–H groups in total. The van der Waals surface area contributed by atoms with Crippen LogP contribution in [0.2, 0.25) is 0 Å². The van der Waals surface area contributed by atoms with Gasteiger partial charge in [-0.15, -0.1) is 0 Å². The van der Waals surface area contributed by atoms with E-state index in [2.05, 4.69) is 12.0 Å². The van der Waals surface area contributed by atoms with E-state index in [4.69, 9.17) is 5.11 Å². The van der Waals surface area contributed by atoms with Gasteiger partial charge in [-0.25, -0.2) is 9.69 Å². The van der Waals surface area contributed by atoms with Crippen LogP contribution in [0.4, 0.5) is 4.79 Å². The van der Waals surface area contributed by atoms with E-state index in [1.165, 1.54) is 4.90 Å². The van der Waals surface area contributed by atoms with Crippen molar-refractivity contribution in [1.82, 2.24) is 9.80 Å². The van der Waals surface area contributed by atoms with Crippen LogP contribution in [0.25, 0.3) is 0 Å². The number of hydrogen-bond donors (Lipinski definition) is 2. The Morgan fingerprint density at radius 1 is 1.31 bits per heavy atom. The number of nitrogens with zero attached hydrogens (tertiary/aromatic N) is 2. The minimum absolute atomic E-state index is 0.0652. The third kappa shape index (κ3) is 7.28. The highest BCUT2D eigenvalue weighted by Crippen LogP contribution is 2.19. The Labute approximate surface area is 172 Å². The summed E-state index contributed by atoms with van der Waals surface area (Å²) in [4.78, 5) is 26.7. The Morgan fingerprint density at radius 3 is 2.69 bits per heavy atom. The summed E-state index contributed by atoms with van der Waals surface area (Å²) < 4.78 is 0. The molecule has 1 aromatic rings. The number of benzene rings is 1. The van der Waals surface area contributed by atoms with E-state index in [9.17, 15) is 14.7 Å². The third-order valence-corrected chi connectivity index (χ3v) is 4.81. The topological polar surface area (TPSA) is 81.1 Å². The molecular weight excluding hydrogens is 368 g/mol. The first-order valence-electron chi connectivity index (χ1n) is 10.1. The number of aliphatic carboxylic acids is 1. The molecule has 1 aromatic carbocycles. The molecule has 29 heavy (non-hydrogen) atoms. The minimum Gasteiger partial charge on any atom is -0.481 e. The molecule has 6 heteroatoms. The summed E-state index contributed by atoms with van der Waals surface area (Å²) in [6.45, 7) is 4.57. The van der Waals surface area contributed by atoms with Crippen LogP contribution >= 0.6 is 0 Å². The number of carbonyl (C=O) groups excluding carboxylic acids is 1. The van der Waals surface area contributed by atoms with E-state index in [0.717, 1.165) is 12.0 Å². The summed E-state index contributed by atoms with van der Waals surface area (Å²) in [5, 5.41) is 19.0. The molecule has 1 aliphatic heterocycles. The third-order valence-electron chi connectivity index (χ3n) is 4.81. The molecule has 0 bridgehead atoms. The van der Waals surface area contributed by atoms with E-state index in [1.807, 2.05) is 50.3 Å². The zero-order valence-corrected chi connectivity index (χ0v) is 17.1. The number of rotatable bonds is 8. The molecule has 2 amide bonds.